The topological polar surface area (TPSA) is 26.3 Å². The van der Waals surface area contributed by atoms with E-state index in [0.717, 1.165) is 6.42 Å². The summed E-state index contributed by atoms with van der Waals surface area (Å²) in [5.74, 6) is -0.214. The predicted octanol–water partition coefficient (Wildman–Crippen LogP) is 5.07. The first-order chi connectivity index (χ1) is 10.7. The molecule has 0 saturated heterocycles. The van der Waals surface area contributed by atoms with E-state index in [1.807, 2.05) is 0 Å². The van der Waals surface area contributed by atoms with Crippen molar-refractivity contribution in [2.24, 2.45) is 0 Å². The molecule has 0 radical (unpaired) electrons. The van der Waals surface area contributed by atoms with Crippen molar-refractivity contribution in [3.05, 3.63) is 47.5 Å². The highest BCUT2D eigenvalue weighted by molar-refractivity contribution is 5.83. The zero-order valence-electron chi connectivity index (χ0n) is 13.7. The van der Waals surface area contributed by atoms with Crippen molar-refractivity contribution in [3.63, 3.8) is 0 Å². The van der Waals surface area contributed by atoms with Crippen molar-refractivity contribution in [3.8, 4) is 0 Å². The maximum absolute atomic E-state index is 10.8. The number of carbonyl (C=O) groups is 1. The molecule has 2 nitrogen and oxygen atoms in total. The number of benzene rings is 2. The van der Waals surface area contributed by atoms with Gasteiger partial charge in [0.2, 0.25) is 0 Å². The summed E-state index contributed by atoms with van der Waals surface area (Å²) in [5, 5.41) is 2.56. The molecule has 0 amide bonds. The molecule has 0 aliphatic carbocycles. The number of ether oxygens (including phenoxy) is 1. The molecule has 22 heavy (non-hydrogen) atoms. The van der Waals surface area contributed by atoms with Crippen molar-refractivity contribution in [2.75, 3.05) is 6.61 Å². The standard InChI is InChI=1S/C20H26O2/c1-3-4-5-6-7-17-8-10-20-15-18(9-11-19(20)14-17)12-13-22-16(2)21/h8-11,14-15H,3-7,12-13H2,1-2H3. The summed E-state index contributed by atoms with van der Waals surface area (Å²) < 4.78 is 5.00. The molecule has 2 aromatic rings. The highest BCUT2D eigenvalue weighted by Crippen LogP contribution is 2.20. The lowest BCUT2D eigenvalue weighted by atomic mass is 10.00. The Bertz CT molecular complexity index is 616. The minimum Gasteiger partial charge on any atom is -0.466 e. The van der Waals surface area contributed by atoms with Crippen molar-refractivity contribution < 1.29 is 9.53 Å². The second-order valence-corrected chi connectivity index (χ2v) is 5.92. The molecule has 0 saturated carbocycles. The zero-order valence-corrected chi connectivity index (χ0v) is 13.7. The molecule has 0 aromatic heterocycles. The average molecular weight is 298 g/mol. The normalized spacial score (nSPS) is 10.8. The first-order valence-corrected chi connectivity index (χ1v) is 8.34. The zero-order chi connectivity index (χ0) is 15.8. The van der Waals surface area contributed by atoms with Gasteiger partial charge in [0, 0.05) is 13.3 Å². The summed E-state index contributed by atoms with van der Waals surface area (Å²) in [4.78, 5) is 10.8. The summed E-state index contributed by atoms with van der Waals surface area (Å²) in [6, 6.07) is 13.3. The van der Waals surface area contributed by atoms with Crippen LogP contribution in [-0.4, -0.2) is 12.6 Å². The van der Waals surface area contributed by atoms with E-state index in [0.29, 0.717) is 6.61 Å². The van der Waals surface area contributed by atoms with Gasteiger partial charge < -0.3 is 4.74 Å². The maximum atomic E-state index is 10.8. The van der Waals surface area contributed by atoms with Crippen LogP contribution in [0.4, 0.5) is 0 Å². The van der Waals surface area contributed by atoms with Gasteiger partial charge in [0.05, 0.1) is 6.61 Å². The number of carbonyl (C=O) groups excluding carboxylic acids is 1. The lowest BCUT2D eigenvalue weighted by Gasteiger charge is -2.07. The van der Waals surface area contributed by atoms with Crippen LogP contribution in [0.5, 0.6) is 0 Å². The molecule has 0 N–H and O–H groups in total. The Balaban J connectivity index is 1.97. The van der Waals surface area contributed by atoms with Gasteiger partial charge in [-0.15, -0.1) is 0 Å². The molecule has 118 valence electrons. The quantitative estimate of drug-likeness (QED) is 0.502. The molecule has 0 atom stereocenters. The van der Waals surface area contributed by atoms with Gasteiger partial charge >= 0.3 is 5.97 Å². The van der Waals surface area contributed by atoms with Gasteiger partial charge in [-0.25, -0.2) is 0 Å². The highest BCUT2D eigenvalue weighted by atomic mass is 16.5. The van der Waals surface area contributed by atoms with E-state index in [2.05, 4.69) is 43.3 Å². The first-order valence-electron chi connectivity index (χ1n) is 8.34. The number of esters is 1. The van der Waals surface area contributed by atoms with Crippen LogP contribution in [0.15, 0.2) is 36.4 Å². The van der Waals surface area contributed by atoms with Crippen molar-refractivity contribution >= 4 is 16.7 Å². The van der Waals surface area contributed by atoms with Gasteiger partial charge in [0.1, 0.15) is 0 Å². The van der Waals surface area contributed by atoms with Gasteiger partial charge in [0.15, 0.2) is 0 Å². The molecular formula is C20H26O2. The fourth-order valence-corrected chi connectivity index (χ4v) is 2.72. The van der Waals surface area contributed by atoms with Crippen LogP contribution in [0.3, 0.4) is 0 Å². The molecule has 0 spiro atoms. The van der Waals surface area contributed by atoms with Crippen LogP contribution in [0.1, 0.15) is 50.7 Å². The van der Waals surface area contributed by atoms with Crippen LogP contribution < -0.4 is 0 Å². The second kappa shape index (κ2) is 8.57. The molecule has 0 unspecified atom stereocenters. The van der Waals surface area contributed by atoms with Gasteiger partial charge in [0.25, 0.3) is 0 Å². The van der Waals surface area contributed by atoms with E-state index in [4.69, 9.17) is 4.74 Å². The third-order valence-corrected chi connectivity index (χ3v) is 3.98. The molecular weight excluding hydrogens is 272 g/mol. The lowest BCUT2D eigenvalue weighted by Crippen LogP contribution is -2.03. The van der Waals surface area contributed by atoms with Crippen molar-refractivity contribution in [2.45, 2.75) is 52.4 Å². The van der Waals surface area contributed by atoms with E-state index in [1.54, 1.807) is 0 Å². The molecule has 0 aliphatic rings. The Morgan fingerprint density at radius 2 is 1.55 bits per heavy atom. The van der Waals surface area contributed by atoms with Gasteiger partial charge in [-0.3, -0.25) is 4.79 Å². The van der Waals surface area contributed by atoms with Gasteiger partial charge in [-0.05, 0) is 34.7 Å². The van der Waals surface area contributed by atoms with E-state index < -0.39 is 0 Å². The number of hydrogen-bond acceptors (Lipinski definition) is 2. The predicted molar refractivity (Wildman–Crippen MR) is 92.1 cm³/mol. The molecule has 0 fully saturated rings. The minimum atomic E-state index is -0.214. The Morgan fingerprint density at radius 3 is 2.14 bits per heavy atom. The fourth-order valence-electron chi connectivity index (χ4n) is 2.72. The number of hydrogen-bond donors (Lipinski definition) is 0. The van der Waals surface area contributed by atoms with Crippen LogP contribution in [0.25, 0.3) is 10.8 Å². The molecule has 0 aliphatic heterocycles. The Kier molecular flexibility index (Phi) is 6.45. The number of aryl methyl sites for hydroxylation is 1. The Morgan fingerprint density at radius 1 is 0.909 bits per heavy atom. The smallest absolute Gasteiger partial charge is 0.302 e. The number of rotatable bonds is 8. The minimum absolute atomic E-state index is 0.214. The van der Waals surface area contributed by atoms with E-state index in [1.165, 1.54) is 60.9 Å². The Hall–Kier alpha value is -1.83. The first kappa shape index (κ1) is 16.5. The molecule has 0 bridgehead atoms. The average Bonchev–Trinajstić information content (AvgIpc) is 2.51. The monoisotopic (exact) mass is 298 g/mol. The third kappa shape index (κ3) is 5.18. The summed E-state index contributed by atoms with van der Waals surface area (Å²) in [6.45, 7) is 4.15. The van der Waals surface area contributed by atoms with Crippen LogP contribution in [-0.2, 0) is 22.4 Å². The summed E-state index contributed by atoms with van der Waals surface area (Å²) in [6.07, 6.45) is 7.16. The maximum Gasteiger partial charge on any atom is 0.302 e. The SMILES string of the molecule is CCCCCCc1ccc2cc(CCOC(C)=O)ccc2c1. The lowest BCUT2D eigenvalue weighted by molar-refractivity contribution is -0.140. The fraction of sp³-hybridized carbons (Fsp3) is 0.450. The Labute approximate surface area is 133 Å². The van der Waals surface area contributed by atoms with Crippen molar-refractivity contribution in [1.82, 2.24) is 0 Å². The van der Waals surface area contributed by atoms with Crippen molar-refractivity contribution in [1.29, 1.82) is 0 Å². The van der Waals surface area contributed by atoms with E-state index in [9.17, 15) is 4.79 Å². The van der Waals surface area contributed by atoms with Crippen LogP contribution in [0.2, 0.25) is 0 Å². The largest absolute Gasteiger partial charge is 0.466 e. The molecule has 2 rings (SSSR count). The number of unbranched alkanes of at least 4 members (excludes halogenated alkanes) is 3. The highest BCUT2D eigenvalue weighted by Gasteiger charge is 2.01. The third-order valence-electron chi connectivity index (χ3n) is 3.98. The summed E-state index contributed by atoms with van der Waals surface area (Å²) in [5.41, 5.74) is 2.64. The van der Waals surface area contributed by atoms with Gasteiger partial charge in [-0.2, -0.15) is 0 Å². The molecule has 2 aromatic carbocycles. The van der Waals surface area contributed by atoms with Crippen LogP contribution >= 0.6 is 0 Å². The van der Waals surface area contributed by atoms with Crippen LogP contribution in [0, 0.1) is 0 Å². The van der Waals surface area contributed by atoms with Gasteiger partial charge in [-0.1, -0.05) is 62.6 Å². The molecule has 0 heterocycles. The van der Waals surface area contributed by atoms with E-state index >= 15 is 0 Å². The summed E-state index contributed by atoms with van der Waals surface area (Å²) in [7, 11) is 0. The number of fused-ring (bicyclic) bond motifs is 1. The second-order valence-electron chi connectivity index (χ2n) is 5.92. The van der Waals surface area contributed by atoms with E-state index in [-0.39, 0.29) is 5.97 Å². The summed E-state index contributed by atoms with van der Waals surface area (Å²) >= 11 is 0. The molecule has 2 heteroatoms.